The SMILES string of the molecule is CCOC(=O)c1cc(Cc2ccccc2)sc1NC(=S)Nc1c(C)nn(Cc2ccc(Cl)cc2)c1C. The van der Waals surface area contributed by atoms with Gasteiger partial charge in [-0.3, -0.25) is 4.68 Å². The van der Waals surface area contributed by atoms with Crippen molar-refractivity contribution in [2.45, 2.75) is 33.7 Å². The van der Waals surface area contributed by atoms with Crippen LogP contribution in [-0.4, -0.2) is 27.5 Å². The van der Waals surface area contributed by atoms with E-state index in [2.05, 4.69) is 27.9 Å². The van der Waals surface area contributed by atoms with Gasteiger partial charge in [-0.05, 0) is 62.3 Å². The lowest BCUT2D eigenvalue weighted by Gasteiger charge is -2.11. The molecule has 4 aromatic rings. The minimum absolute atomic E-state index is 0.302. The van der Waals surface area contributed by atoms with E-state index in [1.54, 1.807) is 6.92 Å². The second-order valence-corrected chi connectivity index (χ2v) is 10.2. The summed E-state index contributed by atoms with van der Waals surface area (Å²) in [5.74, 6) is -0.374. The number of nitrogens with one attached hydrogen (secondary N) is 2. The van der Waals surface area contributed by atoms with Gasteiger partial charge < -0.3 is 15.4 Å². The van der Waals surface area contributed by atoms with Gasteiger partial charge in [0.2, 0.25) is 0 Å². The smallest absolute Gasteiger partial charge is 0.341 e. The Morgan fingerprint density at radius 2 is 1.81 bits per heavy atom. The van der Waals surface area contributed by atoms with Crippen LogP contribution in [0.1, 0.15) is 44.7 Å². The first-order valence-electron chi connectivity index (χ1n) is 11.5. The molecule has 0 atom stereocenters. The summed E-state index contributed by atoms with van der Waals surface area (Å²) in [4.78, 5) is 13.7. The number of nitrogens with zero attached hydrogens (tertiary/aromatic N) is 2. The predicted octanol–water partition coefficient (Wildman–Crippen LogP) is 6.84. The molecular formula is C27H27ClN4O2S2. The van der Waals surface area contributed by atoms with E-state index in [0.29, 0.717) is 33.9 Å². The summed E-state index contributed by atoms with van der Waals surface area (Å²) in [5, 5.41) is 12.9. The monoisotopic (exact) mass is 538 g/mol. The van der Waals surface area contributed by atoms with Crippen molar-refractivity contribution in [2.75, 3.05) is 17.2 Å². The molecule has 0 amide bonds. The van der Waals surface area contributed by atoms with Crippen molar-refractivity contribution >= 4 is 56.9 Å². The van der Waals surface area contributed by atoms with E-state index < -0.39 is 0 Å². The van der Waals surface area contributed by atoms with Crippen LogP contribution in [0.4, 0.5) is 10.7 Å². The molecule has 186 valence electrons. The third-order valence-corrected chi connectivity index (χ3v) is 7.10. The fourth-order valence-corrected chi connectivity index (χ4v) is 5.30. The number of carbonyl (C=O) groups excluding carboxylic acids is 1. The fraction of sp³-hybridized carbons (Fsp3) is 0.222. The van der Waals surface area contributed by atoms with E-state index in [1.807, 2.05) is 67.1 Å². The zero-order chi connectivity index (χ0) is 25.7. The summed E-state index contributed by atoms with van der Waals surface area (Å²) in [6, 6.07) is 19.7. The van der Waals surface area contributed by atoms with E-state index in [1.165, 1.54) is 16.9 Å². The van der Waals surface area contributed by atoms with Crippen LogP contribution in [0, 0.1) is 13.8 Å². The summed E-state index contributed by atoms with van der Waals surface area (Å²) < 4.78 is 7.21. The molecule has 2 N–H and O–H groups in total. The number of anilines is 2. The first-order chi connectivity index (χ1) is 17.3. The highest BCUT2D eigenvalue weighted by Crippen LogP contribution is 2.31. The number of thiophene rings is 1. The molecule has 0 aliphatic rings. The molecule has 0 spiro atoms. The molecule has 0 aliphatic heterocycles. The minimum atomic E-state index is -0.374. The number of aromatic nitrogens is 2. The number of rotatable bonds is 8. The summed E-state index contributed by atoms with van der Waals surface area (Å²) in [6.45, 7) is 6.64. The molecule has 0 saturated heterocycles. The van der Waals surface area contributed by atoms with Crippen molar-refractivity contribution in [1.82, 2.24) is 9.78 Å². The van der Waals surface area contributed by atoms with Crippen molar-refractivity contribution in [1.29, 1.82) is 0 Å². The number of aryl methyl sites for hydroxylation is 1. The number of hydrogen-bond donors (Lipinski definition) is 2. The molecule has 9 heteroatoms. The van der Waals surface area contributed by atoms with Crippen LogP contribution < -0.4 is 10.6 Å². The van der Waals surface area contributed by atoms with E-state index in [-0.39, 0.29) is 5.97 Å². The molecule has 0 radical (unpaired) electrons. The standard InChI is InChI=1S/C27H27ClN4O2S2/c1-4-34-26(33)23-15-22(14-19-8-6-5-7-9-19)36-25(23)30-27(35)29-24-17(2)31-32(18(24)3)16-20-10-12-21(28)13-11-20/h5-13,15H,4,14,16H2,1-3H3,(H2,29,30,35). The number of ether oxygens (including phenoxy) is 1. The minimum Gasteiger partial charge on any atom is -0.462 e. The van der Waals surface area contributed by atoms with E-state index in [4.69, 9.17) is 28.6 Å². The van der Waals surface area contributed by atoms with Gasteiger partial charge in [-0.15, -0.1) is 11.3 Å². The number of carbonyl (C=O) groups is 1. The second kappa shape index (κ2) is 11.7. The lowest BCUT2D eigenvalue weighted by atomic mass is 10.1. The molecule has 6 nitrogen and oxygen atoms in total. The first-order valence-corrected chi connectivity index (χ1v) is 13.1. The van der Waals surface area contributed by atoms with Gasteiger partial charge >= 0.3 is 5.97 Å². The molecule has 0 fully saturated rings. The van der Waals surface area contributed by atoms with Crippen LogP contribution in [0.5, 0.6) is 0 Å². The Morgan fingerprint density at radius 1 is 1.08 bits per heavy atom. The highest BCUT2D eigenvalue weighted by atomic mass is 35.5. The normalized spacial score (nSPS) is 10.8. The maximum Gasteiger partial charge on any atom is 0.341 e. The lowest BCUT2D eigenvalue weighted by molar-refractivity contribution is 0.0528. The first kappa shape index (κ1) is 25.9. The van der Waals surface area contributed by atoms with Crippen LogP contribution in [0.3, 0.4) is 0 Å². The summed E-state index contributed by atoms with van der Waals surface area (Å²) in [6.07, 6.45) is 0.718. The molecule has 2 aromatic carbocycles. The van der Waals surface area contributed by atoms with Crippen LogP contribution in [-0.2, 0) is 17.7 Å². The molecule has 2 heterocycles. The van der Waals surface area contributed by atoms with Crippen LogP contribution in [0.15, 0.2) is 60.7 Å². The predicted molar refractivity (Wildman–Crippen MR) is 152 cm³/mol. The van der Waals surface area contributed by atoms with Crippen LogP contribution in [0.2, 0.25) is 5.02 Å². The molecule has 2 aromatic heterocycles. The van der Waals surface area contributed by atoms with Gasteiger partial charge in [0.25, 0.3) is 0 Å². The zero-order valence-electron chi connectivity index (χ0n) is 20.3. The van der Waals surface area contributed by atoms with Crippen molar-refractivity contribution in [3.05, 3.63) is 98.6 Å². The largest absolute Gasteiger partial charge is 0.462 e. The van der Waals surface area contributed by atoms with Gasteiger partial charge in [-0.25, -0.2) is 4.79 Å². The van der Waals surface area contributed by atoms with Gasteiger partial charge in [-0.1, -0.05) is 54.1 Å². The average molecular weight is 539 g/mol. The Morgan fingerprint density at radius 3 is 2.50 bits per heavy atom. The Labute approximate surface area is 225 Å². The highest BCUT2D eigenvalue weighted by Gasteiger charge is 2.20. The van der Waals surface area contributed by atoms with Gasteiger partial charge in [0, 0.05) is 16.3 Å². The molecule has 0 bridgehead atoms. The van der Waals surface area contributed by atoms with Gasteiger partial charge in [-0.2, -0.15) is 5.10 Å². The quantitative estimate of drug-likeness (QED) is 0.189. The zero-order valence-corrected chi connectivity index (χ0v) is 22.7. The van der Waals surface area contributed by atoms with Crippen LogP contribution >= 0.6 is 35.2 Å². The van der Waals surface area contributed by atoms with Crippen molar-refractivity contribution in [2.24, 2.45) is 0 Å². The van der Waals surface area contributed by atoms with Crippen molar-refractivity contribution in [3.8, 4) is 0 Å². The van der Waals surface area contributed by atoms with E-state index >= 15 is 0 Å². The third-order valence-electron chi connectivity index (χ3n) is 5.59. The Bertz CT molecular complexity index is 1360. The average Bonchev–Trinajstić information content (AvgIpc) is 3.36. The fourth-order valence-electron chi connectivity index (χ4n) is 3.82. The summed E-state index contributed by atoms with van der Waals surface area (Å²) in [5.41, 5.74) is 5.35. The van der Waals surface area contributed by atoms with Gasteiger partial charge in [0.05, 0.1) is 35.8 Å². The van der Waals surface area contributed by atoms with Gasteiger partial charge in [0.15, 0.2) is 5.11 Å². The van der Waals surface area contributed by atoms with Crippen molar-refractivity contribution in [3.63, 3.8) is 0 Å². The molecular weight excluding hydrogens is 512 g/mol. The van der Waals surface area contributed by atoms with E-state index in [0.717, 1.165) is 33.9 Å². The summed E-state index contributed by atoms with van der Waals surface area (Å²) >= 11 is 13.1. The Hall–Kier alpha value is -3.20. The maximum absolute atomic E-state index is 12.6. The number of hydrogen-bond acceptors (Lipinski definition) is 5. The number of halogens is 1. The Balaban J connectivity index is 1.51. The summed E-state index contributed by atoms with van der Waals surface area (Å²) in [7, 11) is 0. The molecule has 0 aliphatic carbocycles. The molecule has 36 heavy (non-hydrogen) atoms. The third kappa shape index (κ3) is 6.32. The van der Waals surface area contributed by atoms with Crippen LogP contribution in [0.25, 0.3) is 0 Å². The number of benzene rings is 2. The molecule has 0 saturated carbocycles. The molecule has 0 unspecified atom stereocenters. The second-order valence-electron chi connectivity index (χ2n) is 8.25. The Kier molecular flexibility index (Phi) is 8.40. The van der Waals surface area contributed by atoms with Crippen molar-refractivity contribution < 1.29 is 9.53 Å². The van der Waals surface area contributed by atoms with E-state index in [9.17, 15) is 4.79 Å². The molecule has 4 rings (SSSR count). The highest BCUT2D eigenvalue weighted by molar-refractivity contribution is 7.80. The topological polar surface area (TPSA) is 68.2 Å². The number of esters is 1. The number of thiocarbonyl (C=S) groups is 1. The van der Waals surface area contributed by atoms with Gasteiger partial charge in [0.1, 0.15) is 5.00 Å². The lowest BCUT2D eigenvalue weighted by Crippen LogP contribution is -2.21. The maximum atomic E-state index is 12.6.